The quantitative estimate of drug-likeness (QED) is 0.715. The summed E-state index contributed by atoms with van der Waals surface area (Å²) in [6.45, 7) is 3.67. The highest BCUT2D eigenvalue weighted by molar-refractivity contribution is 5.76. The fraction of sp³-hybridized carbons (Fsp3) is 0.455. The van der Waals surface area contributed by atoms with Gasteiger partial charge in [-0.05, 0) is 13.8 Å². The summed E-state index contributed by atoms with van der Waals surface area (Å²) in [4.78, 5) is 23.5. The van der Waals surface area contributed by atoms with Gasteiger partial charge >= 0.3 is 6.09 Å². The number of Topliss-reactive ketones (excluding diaryl/α,β-unsaturated/α-hetero) is 1. The molecule has 0 atom stereocenters. The third-order valence-corrected chi connectivity index (χ3v) is 1.99. The minimum atomic E-state index is -0.397. The normalized spacial score (nSPS) is 15.5. The molecular weight excluding hydrogens is 194 g/mol. The summed E-state index contributed by atoms with van der Waals surface area (Å²) in [5, 5.41) is 0. The van der Waals surface area contributed by atoms with E-state index < -0.39 is 6.09 Å². The van der Waals surface area contributed by atoms with Crippen molar-refractivity contribution < 1.29 is 14.3 Å². The number of carbonyl (C=O) groups is 2. The second-order valence-electron chi connectivity index (χ2n) is 3.36. The van der Waals surface area contributed by atoms with Crippen LogP contribution in [0.1, 0.15) is 20.3 Å². The summed E-state index contributed by atoms with van der Waals surface area (Å²) in [6.07, 6.45) is 6.98. The van der Waals surface area contributed by atoms with Crippen molar-refractivity contribution in [3.8, 4) is 0 Å². The molecule has 0 saturated heterocycles. The lowest BCUT2D eigenvalue weighted by Crippen LogP contribution is -2.23. The minimum Gasteiger partial charge on any atom is -0.449 e. The van der Waals surface area contributed by atoms with Crippen LogP contribution in [0.5, 0.6) is 0 Å². The average molecular weight is 209 g/mol. The molecule has 0 aromatic heterocycles. The second kappa shape index (κ2) is 5.34. The van der Waals surface area contributed by atoms with Crippen molar-refractivity contribution in [3.63, 3.8) is 0 Å². The molecule has 1 amide bonds. The largest absolute Gasteiger partial charge is 0.449 e. The van der Waals surface area contributed by atoms with Gasteiger partial charge in [0.05, 0.1) is 6.61 Å². The van der Waals surface area contributed by atoms with Crippen LogP contribution >= 0.6 is 0 Å². The molecule has 4 nitrogen and oxygen atoms in total. The molecule has 0 unspecified atom stereocenters. The van der Waals surface area contributed by atoms with Crippen molar-refractivity contribution in [1.29, 1.82) is 0 Å². The van der Waals surface area contributed by atoms with Crippen molar-refractivity contribution in [2.45, 2.75) is 20.3 Å². The van der Waals surface area contributed by atoms with E-state index in [0.29, 0.717) is 13.0 Å². The fourth-order valence-corrected chi connectivity index (χ4v) is 1.31. The molecule has 1 heterocycles. The molecule has 0 spiro atoms. The SMILES string of the molecule is CCOC(=O)N1C=CC(CC(C)=O)C=C1. The van der Waals surface area contributed by atoms with Crippen LogP contribution < -0.4 is 0 Å². The van der Waals surface area contributed by atoms with E-state index in [1.54, 1.807) is 26.2 Å². The van der Waals surface area contributed by atoms with Crippen molar-refractivity contribution >= 4 is 11.9 Å². The zero-order chi connectivity index (χ0) is 11.3. The van der Waals surface area contributed by atoms with Gasteiger partial charge in [0.25, 0.3) is 0 Å². The zero-order valence-electron chi connectivity index (χ0n) is 8.97. The zero-order valence-corrected chi connectivity index (χ0v) is 8.97. The number of hydrogen-bond acceptors (Lipinski definition) is 3. The molecule has 0 saturated carbocycles. The van der Waals surface area contributed by atoms with E-state index in [0.717, 1.165) is 0 Å². The molecule has 4 heteroatoms. The van der Waals surface area contributed by atoms with E-state index in [9.17, 15) is 9.59 Å². The Morgan fingerprint density at radius 2 is 1.93 bits per heavy atom. The smallest absolute Gasteiger partial charge is 0.417 e. The number of nitrogens with zero attached hydrogens (tertiary/aromatic N) is 1. The van der Waals surface area contributed by atoms with Gasteiger partial charge in [0, 0.05) is 24.7 Å². The Hall–Kier alpha value is -1.58. The molecule has 0 aromatic carbocycles. The number of ether oxygens (including phenoxy) is 1. The van der Waals surface area contributed by atoms with Crippen LogP contribution in [0.2, 0.25) is 0 Å². The van der Waals surface area contributed by atoms with Gasteiger partial charge in [-0.1, -0.05) is 12.2 Å². The first kappa shape index (κ1) is 11.5. The number of rotatable bonds is 3. The molecule has 0 bridgehead atoms. The Bertz CT molecular complexity index is 293. The Labute approximate surface area is 89.2 Å². The molecule has 0 N–H and O–H groups in total. The molecule has 0 fully saturated rings. The lowest BCUT2D eigenvalue weighted by Gasteiger charge is -2.18. The number of ketones is 1. The number of allylic oxidation sites excluding steroid dienone is 2. The van der Waals surface area contributed by atoms with E-state index in [1.807, 2.05) is 12.2 Å². The number of carbonyl (C=O) groups excluding carboxylic acids is 2. The molecule has 15 heavy (non-hydrogen) atoms. The van der Waals surface area contributed by atoms with Gasteiger partial charge in [-0.2, -0.15) is 0 Å². The van der Waals surface area contributed by atoms with Crippen LogP contribution in [0.15, 0.2) is 24.6 Å². The van der Waals surface area contributed by atoms with Crippen molar-refractivity contribution in [2.75, 3.05) is 6.61 Å². The first-order valence-corrected chi connectivity index (χ1v) is 4.94. The Morgan fingerprint density at radius 1 is 1.33 bits per heavy atom. The summed E-state index contributed by atoms with van der Waals surface area (Å²) in [5.74, 6) is 0.229. The van der Waals surface area contributed by atoms with Gasteiger partial charge < -0.3 is 4.74 Å². The molecule has 1 aliphatic rings. The van der Waals surface area contributed by atoms with Crippen LogP contribution in [0, 0.1) is 5.92 Å². The Kier molecular flexibility index (Phi) is 4.09. The number of amides is 1. The van der Waals surface area contributed by atoms with E-state index in [-0.39, 0.29) is 11.7 Å². The van der Waals surface area contributed by atoms with Gasteiger partial charge in [-0.3, -0.25) is 9.69 Å². The van der Waals surface area contributed by atoms with Crippen molar-refractivity contribution in [2.24, 2.45) is 5.92 Å². The lowest BCUT2D eigenvalue weighted by molar-refractivity contribution is -0.117. The molecule has 1 aliphatic heterocycles. The van der Waals surface area contributed by atoms with Crippen molar-refractivity contribution in [1.82, 2.24) is 4.90 Å². The van der Waals surface area contributed by atoms with Crippen LogP contribution in [-0.4, -0.2) is 23.4 Å². The molecule has 0 radical (unpaired) electrons. The van der Waals surface area contributed by atoms with Crippen LogP contribution in [0.25, 0.3) is 0 Å². The standard InChI is InChI=1S/C11H15NO3/c1-3-15-11(14)12-6-4-10(5-7-12)8-9(2)13/h4-7,10H,3,8H2,1-2H3. The van der Waals surface area contributed by atoms with Crippen molar-refractivity contribution in [3.05, 3.63) is 24.6 Å². The van der Waals surface area contributed by atoms with Gasteiger partial charge in [-0.15, -0.1) is 0 Å². The maximum atomic E-state index is 11.3. The van der Waals surface area contributed by atoms with Gasteiger partial charge in [-0.25, -0.2) is 4.79 Å². The van der Waals surface area contributed by atoms with Crippen LogP contribution in [0.3, 0.4) is 0 Å². The summed E-state index contributed by atoms with van der Waals surface area (Å²) in [6, 6.07) is 0. The minimum absolute atomic E-state index is 0.0909. The lowest BCUT2D eigenvalue weighted by atomic mass is 10.0. The third-order valence-electron chi connectivity index (χ3n) is 1.99. The van der Waals surface area contributed by atoms with Gasteiger partial charge in [0.2, 0.25) is 0 Å². The van der Waals surface area contributed by atoms with E-state index in [4.69, 9.17) is 4.74 Å². The van der Waals surface area contributed by atoms with Gasteiger partial charge in [0.15, 0.2) is 0 Å². The maximum Gasteiger partial charge on any atom is 0.417 e. The molecule has 0 aliphatic carbocycles. The highest BCUT2D eigenvalue weighted by Crippen LogP contribution is 2.14. The van der Waals surface area contributed by atoms with Crippen LogP contribution in [-0.2, 0) is 9.53 Å². The molecule has 1 rings (SSSR count). The third kappa shape index (κ3) is 3.58. The molecule has 82 valence electrons. The summed E-state index contributed by atoms with van der Waals surface area (Å²) < 4.78 is 4.82. The van der Waals surface area contributed by atoms with Crippen LogP contribution in [0.4, 0.5) is 4.79 Å². The topological polar surface area (TPSA) is 46.6 Å². The summed E-state index contributed by atoms with van der Waals surface area (Å²) >= 11 is 0. The van der Waals surface area contributed by atoms with E-state index in [1.165, 1.54) is 4.90 Å². The highest BCUT2D eigenvalue weighted by Gasteiger charge is 2.14. The highest BCUT2D eigenvalue weighted by atomic mass is 16.5. The Balaban J connectivity index is 2.48. The first-order chi connectivity index (χ1) is 7.13. The average Bonchev–Trinajstić information content (AvgIpc) is 2.18. The second-order valence-corrected chi connectivity index (χ2v) is 3.36. The Morgan fingerprint density at radius 3 is 2.40 bits per heavy atom. The first-order valence-electron chi connectivity index (χ1n) is 4.94. The van der Waals surface area contributed by atoms with E-state index in [2.05, 4.69) is 0 Å². The summed E-state index contributed by atoms with van der Waals surface area (Å²) in [7, 11) is 0. The predicted octanol–water partition coefficient (Wildman–Crippen LogP) is 2.08. The van der Waals surface area contributed by atoms with Gasteiger partial charge in [0.1, 0.15) is 5.78 Å². The maximum absolute atomic E-state index is 11.3. The predicted molar refractivity (Wildman–Crippen MR) is 55.9 cm³/mol. The van der Waals surface area contributed by atoms with E-state index >= 15 is 0 Å². The summed E-state index contributed by atoms with van der Waals surface area (Å²) in [5.41, 5.74) is 0. The fourth-order valence-electron chi connectivity index (χ4n) is 1.31. The molecular formula is C11H15NO3. The monoisotopic (exact) mass is 209 g/mol. The molecule has 0 aromatic rings. The number of hydrogen-bond donors (Lipinski definition) is 0.